The maximum atomic E-state index is 11.3. The lowest BCUT2D eigenvalue weighted by Crippen LogP contribution is -2.65. The highest BCUT2D eigenvalue weighted by Gasteiger charge is 2.63. The minimum absolute atomic E-state index is 0.186. The molecule has 6 rings (SSSR count). The van der Waals surface area contributed by atoms with Gasteiger partial charge in [-0.2, -0.15) is 4.98 Å². The summed E-state index contributed by atoms with van der Waals surface area (Å²) in [4.78, 5) is 8.41. The topological polar surface area (TPSA) is 106 Å². The zero-order valence-electron chi connectivity index (χ0n) is 21.9. The Bertz CT molecular complexity index is 940. The SMILES string of the molecule is COc1cc(Cl)nc(N[C@H]2[C@H]3OC[C@](C4CCC(CC5CCC(C6CCCC6)CC5)C4)(O3)[C@H](O)[C@@H]2O)n1. The quantitative estimate of drug-likeness (QED) is 0.436. The zero-order chi connectivity index (χ0) is 25.6. The summed E-state index contributed by atoms with van der Waals surface area (Å²) in [6.45, 7) is 0.289. The third kappa shape index (κ3) is 5.09. The zero-order valence-corrected chi connectivity index (χ0v) is 22.6. The van der Waals surface area contributed by atoms with Crippen LogP contribution in [-0.2, 0) is 9.47 Å². The fourth-order valence-corrected chi connectivity index (χ4v) is 8.50. The number of rotatable bonds is 7. The summed E-state index contributed by atoms with van der Waals surface area (Å²) in [6, 6.07) is 0.783. The van der Waals surface area contributed by atoms with Crippen LogP contribution in [0.4, 0.5) is 5.95 Å². The Kier molecular flexibility index (Phi) is 7.58. The van der Waals surface area contributed by atoms with Gasteiger partial charge in [0.15, 0.2) is 6.29 Å². The Morgan fingerprint density at radius 2 is 1.76 bits per heavy atom. The van der Waals surface area contributed by atoms with E-state index in [4.69, 9.17) is 25.8 Å². The van der Waals surface area contributed by atoms with Crippen molar-refractivity contribution < 1.29 is 24.4 Å². The molecule has 5 fully saturated rings. The molecule has 5 aliphatic rings. The third-order valence-corrected chi connectivity index (χ3v) is 10.5. The highest BCUT2D eigenvalue weighted by Crippen LogP contribution is 2.51. The Labute approximate surface area is 224 Å². The molecule has 0 aromatic carbocycles. The van der Waals surface area contributed by atoms with E-state index in [1.165, 1.54) is 77.4 Å². The van der Waals surface area contributed by atoms with Crippen molar-refractivity contribution >= 4 is 17.5 Å². The number of hydrogen-bond donors (Lipinski definition) is 3. The summed E-state index contributed by atoms with van der Waals surface area (Å²) in [7, 11) is 1.50. The van der Waals surface area contributed by atoms with Crippen LogP contribution in [0.25, 0.3) is 0 Å². The number of aliphatic hydroxyl groups is 2. The first-order chi connectivity index (χ1) is 17.9. The number of fused-ring (bicyclic) bond motifs is 2. The van der Waals surface area contributed by atoms with E-state index in [1.54, 1.807) is 0 Å². The molecule has 1 aromatic heterocycles. The monoisotopic (exact) mass is 535 g/mol. The molecule has 0 amide bonds. The number of hydrogen-bond acceptors (Lipinski definition) is 8. The predicted octanol–water partition coefficient (Wildman–Crippen LogP) is 4.57. The first-order valence-corrected chi connectivity index (χ1v) is 14.8. The van der Waals surface area contributed by atoms with Crippen LogP contribution in [0.2, 0.25) is 5.15 Å². The lowest BCUT2D eigenvalue weighted by Gasteiger charge is -2.46. The van der Waals surface area contributed by atoms with Crippen LogP contribution < -0.4 is 10.1 Å². The molecule has 3 aliphatic carbocycles. The molecule has 1 aromatic rings. The van der Waals surface area contributed by atoms with Crippen LogP contribution in [0.3, 0.4) is 0 Å². The molecule has 2 saturated heterocycles. The first-order valence-electron chi connectivity index (χ1n) is 14.5. The summed E-state index contributed by atoms with van der Waals surface area (Å²) in [5.74, 6) is 4.18. The van der Waals surface area contributed by atoms with Gasteiger partial charge in [0.2, 0.25) is 11.8 Å². The number of anilines is 1. The molecular weight excluding hydrogens is 494 g/mol. The fourth-order valence-electron chi connectivity index (χ4n) is 8.33. The molecule has 3 N–H and O–H groups in total. The second kappa shape index (κ2) is 10.8. The van der Waals surface area contributed by atoms with Gasteiger partial charge in [0.25, 0.3) is 0 Å². The number of nitrogens with one attached hydrogen (secondary N) is 1. The summed E-state index contributed by atoms with van der Waals surface area (Å²) in [6.07, 6.45) is 13.1. The van der Waals surface area contributed by atoms with E-state index < -0.39 is 30.1 Å². The van der Waals surface area contributed by atoms with Crippen molar-refractivity contribution in [1.29, 1.82) is 0 Å². The van der Waals surface area contributed by atoms with E-state index in [9.17, 15) is 10.2 Å². The van der Waals surface area contributed by atoms with E-state index in [2.05, 4.69) is 15.3 Å². The van der Waals surface area contributed by atoms with Crippen molar-refractivity contribution in [2.75, 3.05) is 19.0 Å². The average molecular weight is 536 g/mol. The van der Waals surface area contributed by atoms with Crippen LogP contribution in [0.1, 0.15) is 77.0 Å². The van der Waals surface area contributed by atoms with Crippen molar-refractivity contribution in [1.82, 2.24) is 9.97 Å². The maximum absolute atomic E-state index is 11.3. The van der Waals surface area contributed by atoms with Gasteiger partial charge in [0, 0.05) is 6.07 Å². The van der Waals surface area contributed by atoms with Gasteiger partial charge in [-0.15, -0.1) is 0 Å². The van der Waals surface area contributed by atoms with Crippen LogP contribution >= 0.6 is 11.6 Å². The summed E-state index contributed by atoms with van der Waals surface area (Å²) < 4.78 is 17.6. The minimum Gasteiger partial charge on any atom is -0.481 e. The first kappa shape index (κ1) is 26.1. The molecule has 9 heteroatoms. The number of halogens is 1. The lowest BCUT2D eigenvalue weighted by molar-refractivity contribution is -0.231. The minimum atomic E-state index is -1.08. The molecule has 0 radical (unpaired) electrons. The molecule has 206 valence electrons. The van der Waals surface area contributed by atoms with Crippen LogP contribution in [0, 0.1) is 29.6 Å². The number of nitrogens with zero attached hydrogens (tertiary/aromatic N) is 2. The molecule has 0 spiro atoms. The Balaban J connectivity index is 1.05. The van der Waals surface area contributed by atoms with Crippen molar-refractivity contribution in [2.45, 2.75) is 107 Å². The molecule has 7 atom stereocenters. The number of aromatic nitrogens is 2. The largest absolute Gasteiger partial charge is 0.481 e. The summed E-state index contributed by atoms with van der Waals surface area (Å²) >= 11 is 6.07. The molecule has 2 bridgehead atoms. The molecule has 2 aliphatic heterocycles. The van der Waals surface area contributed by atoms with E-state index in [0.29, 0.717) is 11.8 Å². The van der Waals surface area contributed by atoms with Crippen molar-refractivity contribution in [3.05, 3.63) is 11.2 Å². The van der Waals surface area contributed by atoms with Gasteiger partial charge in [-0.1, -0.05) is 56.5 Å². The second-order valence-corrected chi connectivity index (χ2v) is 12.7. The molecule has 3 heterocycles. The lowest BCUT2D eigenvalue weighted by atomic mass is 9.72. The number of aliphatic hydroxyl groups excluding tert-OH is 2. The van der Waals surface area contributed by atoms with Crippen LogP contribution in [0.5, 0.6) is 5.88 Å². The van der Waals surface area contributed by atoms with E-state index in [-0.39, 0.29) is 23.6 Å². The van der Waals surface area contributed by atoms with Gasteiger partial charge >= 0.3 is 0 Å². The van der Waals surface area contributed by atoms with Crippen LogP contribution in [-0.4, -0.2) is 64.0 Å². The van der Waals surface area contributed by atoms with Crippen molar-refractivity contribution in [2.24, 2.45) is 29.6 Å². The highest BCUT2D eigenvalue weighted by atomic mass is 35.5. The Morgan fingerprint density at radius 1 is 1.03 bits per heavy atom. The normalized spacial score (nSPS) is 42.3. The van der Waals surface area contributed by atoms with Gasteiger partial charge in [0.05, 0.1) is 13.7 Å². The maximum Gasteiger partial charge on any atom is 0.227 e. The Hall–Kier alpha value is -1.19. The van der Waals surface area contributed by atoms with E-state index in [0.717, 1.165) is 30.6 Å². The highest BCUT2D eigenvalue weighted by molar-refractivity contribution is 6.29. The number of ether oxygens (including phenoxy) is 3. The van der Waals surface area contributed by atoms with Gasteiger partial charge in [0.1, 0.15) is 29.0 Å². The molecule has 2 unspecified atom stereocenters. The second-order valence-electron chi connectivity index (χ2n) is 12.4. The average Bonchev–Trinajstić information content (AvgIpc) is 3.67. The van der Waals surface area contributed by atoms with Gasteiger partial charge < -0.3 is 29.7 Å². The predicted molar refractivity (Wildman–Crippen MR) is 139 cm³/mol. The van der Waals surface area contributed by atoms with Crippen molar-refractivity contribution in [3.63, 3.8) is 0 Å². The van der Waals surface area contributed by atoms with E-state index >= 15 is 0 Å². The smallest absolute Gasteiger partial charge is 0.227 e. The van der Waals surface area contributed by atoms with Gasteiger partial charge in [-0.05, 0) is 61.7 Å². The standard InChI is InChI=1S/C28H42ClN3O5/c1-35-22-14-21(29)30-27(31-22)32-23-24(33)25(34)28(15-36-26(23)37-28)20-11-8-17(13-20)12-16-6-9-19(10-7-16)18-4-2-3-5-18/h14,16-20,23-26,33-34H,2-13,15H2,1H3,(H,30,31,32)/t16?,17?,19?,20?,23-,24-,25-,26+,28-/m1/s1. The third-order valence-electron chi connectivity index (χ3n) is 10.3. The van der Waals surface area contributed by atoms with Gasteiger partial charge in [-0.25, -0.2) is 4.98 Å². The molecule has 3 saturated carbocycles. The fraction of sp³-hybridized carbons (Fsp3) is 0.857. The van der Waals surface area contributed by atoms with Crippen molar-refractivity contribution in [3.8, 4) is 5.88 Å². The van der Waals surface area contributed by atoms with Crippen LogP contribution in [0.15, 0.2) is 6.07 Å². The van der Waals surface area contributed by atoms with E-state index in [1.807, 2.05) is 0 Å². The molecule has 37 heavy (non-hydrogen) atoms. The molecular formula is C28H42ClN3O5. The molecule has 8 nitrogen and oxygen atoms in total. The number of methoxy groups -OCH3 is 1. The summed E-state index contributed by atoms with van der Waals surface area (Å²) in [5, 5.41) is 25.7. The van der Waals surface area contributed by atoms with Gasteiger partial charge in [-0.3, -0.25) is 0 Å². The Morgan fingerprint density at radius 3 is 2.51 bits per heavy atom. The summed E-state index contributed by atoms with van der Waals surface area (Å²) in [5.41, 5.74) is -0.857.